The third-order valence-electron chi connectivity index (χ3n) is 11.3. The molecule has 2 unspecified atom stereocenters. The zero-order valence-electron chi connectivity index (χ0n) is 29.6. The van der Waals surface area contributed by atoms with Gasteiger partial charge in [0.05, 0.1) is 0 Å². The first-order chi connectivity index (χ1) is 26.3. The monoisotopic (exact) mass is 677 g/mol. The van der Waals surface area contributed by atoms with Gasteiger partial charge >= 0.3 is 0 Å². The van der Waals surface area contributed by atoms with Crippen LogP contribution in [0.2, 0.25) is 0 Å². The number of rotatable bonds is 6. The number of benzene rings is 7. The summed E-state index contributed by atoms with van der Waals surface area (Å²) in [5, 5.41) is 5.10. The predicted molar refractivity (Wildman–Crippen MR) is 226 cm³/mol. The highest BCUT2D eigenvalue weighted by molar-refractivity contribution is 6.13. The lowest BCUT2D eigenvalue weighted by molar-refractivity contribution is 0.709. The van der Waals surface area contributed by atoms with E-state index in [1.165, 1.54) is 71.8 Å². The van der Waals surface area contributed by atoms with Crippen molar-refractivity contribution in [1.82, 2.24) is 0 Å². The van der Waals surface area contributed by atoms with Crippen molar-refractivity contribution in [3.63, 3.8) is 0 Å². The van der Waals surface area contributed by atoms with Crippen molar-refractivity contribution in [2.75, 3.05) is 4.90 Å². The molecule has 0 heterocycles. The minimum atomic E-state index is 0.293. The standard InChI is InChI=1S/C52H39N/c1-2-15-36(16-3-1)37-19-12-22-42(31-37)53(43-23-13-20-38(32-43)51-34-40-17-4-6-25-45(40)47-27-8-10-29-49(47)51)44-24-14-21-39(33-44)52-35-41-18-5-7-26-46(41)48-28-9-11-30-50(48)52/h1-11,13-18,20-35,47,49H,12,19H2. The van der Waals surface area contributed by atoms with Gasteiger partial charge < -0.3 is 4.90 Å². The molecule has 7 aromatic carbocycles. The van der Waals surface area contributed by atoms with Crippen molar-refractivity contribution >= 4 is 50.1 Å². The Bertz CT molecular complexity index is 2680. The number of nitrogens with zero attached hydrogens (tertiary/aromatic N) is 1. The van der Waals surface area contributed by atoms with E-state index in [9.17, 15) is 0 Å². The molecule has 0 N–H and O–H groups in total. The average molecular weight is 678 g/mol. The van der Waals surface area contributed by atoms with E-state index in [0.29, 0.717) is 11.8 Å². The molecule has 0 aromatic heterocycles. The summed E-state index contributed by atoms with van der Waals surface area (Å²) in [6, 6.07) is 58.1. The van der Waals surface area contributed by atoms with Gasteiger partial charge in [-0.15, -0.1) is 0 Å². The summed E-state index contributed by atoms with van der Waals surface area (Å²) >= 11 is 0. The van der Waals surface area contributed by atoms with Gasteiger partial charge in [0, 0.05) is 28.9 Å². The Balaban J connectivity index is 1.14. The van der Waals surface area contributed by atoms with Crippen LogP contribution < -0.4 is 4.90 Å². The van der Waals surface area contributed by atoms with Crippen LogP contribution in [0.3, 0.4) is 0 Å². The molecular weight excluding hydrogens is 639 g/mol. The van der Waals surface area contributed by atoms with E-state index in [-0.39, 0.29) is 0 Å². The van der Waals surface area contributed by atoms with Gasteiger partial charge in [0.15, 0.2) is 0 Å². The molecule has 0 radical (unpaired) electrons. The van der Waals surface area contributed by atoms with Crippen molar-refractivity contribution in [1.29, 1.82) is 0 Å². The Hall–Kier alpha value is -6.44. The third-order valence-corrected chi connectivity index (χ3v) is 11.3. The Kier molecular flexibility index (Phi) is 7.84. The zero-order chi connectivity index (χ0) is 35.1. The van der Waals surface area contributed by atoms with Crippen molar-refractivity contribution in [2.45, 2.75) is 18.8 Å². The van der Waals surface area contributed by atoms with Crippen LogP contribution in [0.5, 0.6) is 0 Å². The molecular formula is C52H39N. The lowest BCUT2D eigenvalue weighted by atomic mass is 9.71. The fourth-order valence-corrected chi connectivity index (χ4v) is 8.79. The van der Waals surface area contributed by atoms with Crippen molar-refractivity contribution in [3.05, 3.63) is 222 Å². The number of hydrogen-bond acceptors (Lipinski definition) is 1. The first-order valence-corrected chi connectivity index (χ1v) is 18.8. The van der Waals surface area contributed by atoms with Crippen LogP contribution in [0.25, 0.3) is 49.9 Å². The molecule has 7 aromatic rings. The molecule has 2 atom stereocenters. The van der Waals surface area contributed by atoms with E-state index < -0.39 is 0 Å². The molecule has 0 aliphatic heterocycles. The molecule has 1 nitrogen and oxygen atoms in total. The van der Waals surface area contributed by atoms with E-state index in [0.717, 1.165) is 24.2 Å². The second kappa shape index (κ2) is 13.3. The number of fused-ring (bicyclic) bond motifs is 6. The lowest BCUT2D eigenvalue weighted by Crippen LogP contribution is -2.19. The SMILES string of the molecule is C1=CC2C(c3cccc(N(C4=CCCC(c5ccccc5)=C4)c4cccc(-c5cc6ccccc6c6ccccc56)c4)c3)=Cc3ccccc3C2C=C1. The molecule has 0 bridgehead atoms. The lowest BCUT2D eigenvalue weighted by Gasteiger charge is -2.34. The minimum absolute atomic E-state index is 0.293. The van der Waals surface area contributed by atoms with Gasteiger partial charge in [-0.3, -0.25) is 0 Å². The Morgan fingerprint density at radius 3 is 2.00 bits per heavy atom. The molecule has 3 aliphatic carbocycles. The topological polar surface area (TPSA) is 3.24 Å². The number of allylic oxidation sites excluding steroid dienone is 8. The molecule has 252 valence electrons. The minimum Gasteiger partial charge on any atom is -0.311 e. The Morgan fingerprint density at radius 1 is 0.491 bits per heavy atom. The molecule has 0 spiro atoms. The van der Waals surface area contributed by atoms with Crippen LogP contribution >= 0.6 is 0 Å². The summed E-state index contributed by atoms with van der Waals surface area (Å²) in [5.41, 5.74) is 14.0. The maximum absolute atomic E-state index is 2.48. The summed E-state index contributed by atoms with van der Waals surface area (Å²) in [6.07, 6.45) is 18.4. The summed E-state index contributed by atoms with van der Waals surface area (Å²) in [4.78, 5) is 2.48. The molecule has 0 saturated heterocycles. The Morgan fingerprint density at radius 2 is 1.15 bits per heavy atom. The second-order valence-corrected chi connectivity index (χ2v) is 14.4. The van der Waals surface area contributed by atoms with Crippen LogP contribution in [0.15, 0.2) is 200 Å². The van der Waals surface area contributed by atoms with Crippen molar-refractivity contribution < 1.29 is 0 Å². The maximum Gasteiger partial charge on any atom is 0.0467 e. The molecule has 10 rings (SSSR count). The van der Waals surface area contributed by atoms with Gasteiger partial charge in [-0.25, -0.2) is 0 Å². The van der Waals surface area contributed by atoms with Crippen LogP contribution in [-0.4, -0.2) is 0 Å². The van der Waals surface area contributed by atoms with E-state index in [4.69, 9.17) is 0 Å². The number of hydrogen-bond donors (Lipinski definition) is 0. The van der Waals surface area contributed by atoms with Crippen LogP contribution in [0.4, 0.5) is 11.4 Å². The smallest absolute Gasteiger partial charge is 0.0467 e. The van der Waals surface area contributed by atoms with E-state index in [2.05, 4.69) is 205 Å². The van der Waals surface area contributed by atoms with Crippen molar-refractivity contribution in [2.24, 2.45) is 5.92 Å². The molecule has 0 saturated carbocycles. The van der Waals surface area contributed by atoms with Crippen LogP contribution in [-0.2, 0) is 0 Å². The van der Waals surface area contributed by atoms with Gasteiger partial charge in [-0.05, 0) is 115 Å². The zero-order valence-corrected chi connectivity index (χ0v) is 29.6. The van der Waals surface area contributed by atoms with E-state index in [1.807, 2.05) is 0 Å². The summed E-state index contributed by atoms with van der Waals surface area (Å²) in [6.45, 7) is 0. The summed E-state index contributed by atoms with van der Waals surface area (Å²) < 4.78 is 0. The highest BCUT2D eigenvalue weighted by atomic mass is 15.1. The fraction of sp³-hybridized carbons (Fsp3) is 0.0769. The van der Waals surface area contributed by atoms with Crippen LogP contribution in [0.1, 0.15) is 41.0 Å². The van der Waals surface area contributed by atoms with E-state index >= 15 is 0 Å². The normalized spacial score (nSPS) is 17.5. The first kappa shape index (κ1) is 31.3. The number of anilines is 2. The molecule has 1 heteroatoms. The Labute approximate surface area is 311 Å². The van der Waals surface area contributed by atoms with Gasteiger partial charge in [-0.1, -0.05) is 164 Å². The van der Waals surface area contributed by atoms with Gasteiger partial charge in [0.25, 0.3) is 0 Å². The van der Waals surface area contributed by atoms with Gasteiger partial charge in [0.2, 0.25) is 0 Å². The highest BCUT2D eigenvalue weighted by Gasteiger charge is 2.30. The molecule has 0 fully saturated rings. The maximum atomic E-state index is 2.48. The summed E-state index contributed by atoms with van der Waals surface area (Å²) in [7, 11) is 0. The molecule has 3 aliphatic rings. The summed E-state index contributed by atoms with van der Waals surface area (Å²) in [5.74, 6) is 0.628. The first-order valence-electron chi connectivity index (χ1n) is 18.8. The quantitative estimate of drug-likeness (QED) is 0.158. The van der Waals surface area contributed by atoms with Gasteiger partial charge in [-0.2, -0.15) is 0 Å². The largest absolute Gasteiger partial charge is 0.311 e. The highest BCUT2D eigenvalue weighted by Crippen LogP contribution is 2.47. The fourth-order valence-electron chi connectivity index (χ4n) is 8.79. The van der Waals surface area contributed by atoms with Gasteiger partial charge in [0.1, 0.15) is 0 Å². The van der Waals surface area contributed by atoms with Crippen LogP contribution in [0, 0.1) is 5.92 Å². The second-order valence-electron chi connectivity index (χ2n) is 14.4. The average Bonchev–Trinajstić information content (AvgIpc) is 3.24. The predicted octanol–water partition coefficient (Wildman–Crippen LogP) is 13.9. The third kappa shape index (κ3) is 5.66. The van der Waals surface area contributed by atoms with Crippen molar-refractivity contribution in [3.8, 4) is 11.1 Å². The van der Waals surface area contributed by atoms with E-state index in [1.54, 1.807) is 0 Å². The molecule has 53 heavy (non-hydrogen) atoms. The molecule has 0 amide bonds.